The van der Waals surface area contributed by atoms with Crippen molar-refractivity contribution < 1.29 is 0 Å². The SMILES string of the molecule is CN(C)c1nnc(Sc2nc3c(cc2CN)CCC3)s1. The van der Waals surface area contributed by atoms with Crippen molar-refractivity contribution in [1.82, 2.24) is 15.2 Å². The predicted octanol–water partition coefficient (Wildman–Crippen LogP) is 2.10. The van der Waals surface area contributed by atoms with Crippen LogP contribution in [0.1, 0.15) is 23.2 Å². The highest BCUT2D eigenvalue weighted by molar-refractivity contribution is 8.01. The summed E-state index contributed by atoms with van der Waals surface area (Å²) in [6, 6.07) is 2.21. The fourth-order valence-corrected chi connectivity index (χ4v) is 4.05. The number of aromatic nitrogens is 3. The number of hydrogen-bond donors (Lipinski definition) is 1. The molecule has 106 valence electrons. The average Bonchev–Trinajstić information content (AvgIpc) is 3.06. The van der Waals surface area contributed by atoms with Crippen molar-refractivity contribution in [1.29, 1.82) is 0 Å². The van der Waals surface area contributed by atoms with Gasteiger partial charge < -0.3 is 10.6 Å². The van der Waals surface area contributed by atoms with Crippen LogP contribution in [0.2, 0.25) is 0 Å². The van der Waals surface area contributed by atoms with Gasteiger partial charge in [0.15, 0.2) is 4.34 Å². The molecule has 0 radical (unpaired) electrons. The first-order valence-electron chi connectivity index (χ1n) is 6.58. The minimum atomic E-state index is 0.516. The Morgan fingerprint density at radius 1 is 1.35 bits per heavy atom. The zero-order chi connectivity index (χ0) is 14.1. The maximum atomic E-state index is 5.86. The monoisotopic (exact) mass is 307 g/mol. The van der Waals surface area contributed by atoms with Crippen molar-refractivity contribution in [2.75, 3.05) is 19.0 Å². The van der Waals surface area contributed by atoms with Crippen molar-refractivity contribution in [2.24, 2.45) is 5.73 Å². The van der Waals surface area contributed by atoms with E-state index in [9.17, 15) is 0 Å². The van der Waals surface area contributed by atoms with Crippen LogP contribution >= 0.6 is 23.1 Å². The summed E-state index contributed by atoms with van der Waals surface area (Å²) in [5, 5.41) is 10.3. The zero-order valence-corrected chi connectivity index (χ0v) is 13.2. The molecule has 5 nitrogen and oxygen atoms in total. The van der Waals surface area contributed by atoms with Crippen LogP contribution in [0, 0.1) is 0 Å². The highest BCUT2D eigenvalue weighted by Gasteiger charge is 2.18. The lowest BCUT2D eigenvalue weighted by Gasteiger charge is -2.08. The number of pyridine rings is 1. The molecule has 0 bridgehead atoms. The second-order valence-electron chi connectivity index (χ2n) is 4.96. The molecule has 0 spiro atoms. The summed E-state index contributed by atoms with van der Waals surface area (Å²) in [6.07, 6.45) is 3.40. The molecule has 0 aromatic carbocycles. The summed E-state index contributed by atoms with van der Waals surface area (Å²) in [5.41, 5.74) is 9.55. The third-order valence-corrected chi connectivity index (χ3v) is 5.46. The van der Waals surface area contributed by atoms with E-state index in [0.29, 0.717) is 6.54 Å². The predicted molar refractivity (Wildman–Crippen MR) is 82.5 cm³/mol. The molecule has 0 saturated carbocycles. The van der Waals surface area contributed by atoms with Gasteiger partial charge in [-0.05, 0) is 42.2 Å². The molecular formula is C13H17N5S2. The molecule has 20 heavy (non-hydrogen) atoms. The second-order valence-corrected chi connectivity index (χ2v) is 7.16. The van der Waals surface area contributed by atoms with Crippen molar-refractivity contribution in [3.8, 4) is 0 Å². The number of fused-ring (bicyclic) bond motifs is 1. The maximum absolute atomic E-state index is 5.86. The van der Waals surface area contributed by atoms with Crippen molar-refractivity contribution in [3.05, 3.63) is 22.9 Å². The lowest BCUT2D eigenvalue weighted by atomic mass is 10.1. The van der Waals surface area contributed by atoms with Crippen LogP contribution in [0.25, 0.3) is 0 Å². The first-order chi connectivity index (χ1) is 9.67. The van der Waals surface area contributed by atoms with Gasteiger partial charge in [-0.15, -0.1) is 10.2 Å². The van der Waals surface area contributed by atoms with E-state index in [0.717, 1.165) is 32.9 Å². The molecule has 2 aromatic heterocycles. The Kier molecular flexibility index (Phi) is 3.91. The normalized spacial score (nSPS) is 13.6. The second kappa shape index (κ2) is 5.67. The summed E-state index contributed by atoms with van der Waals surface area (Å²) in [7, 11) is 3.93. The number of rotatable bonds is 4. The van der Waals surface area contributed by atoms with E-state index in [1.165, 1.54) is 17.7 Å². The Morgan fingerprint density at radius 2 is 2.20 bits per heavy atom. The van der Waals surface area contributed by atoms with Gasteiger partial charge in [-0.1, -0.05) is 17.4 Å². The quantitative estimate of drug-likeness (QED) is 0.933. The van der Waals surface area contributed by atoms with E-state index in [2.05, 4.69) is 16.3 Å². The van der Waals surface area contributed by atoms with Gasteiger partial charge in [0.25, 0.3) is 0 Å². The highest BCUT2D eigenvalue weighted by atomic mass is 32.2. The minimum absolute atomic E-state index is 0.516. The first kappa shape index (κ1) is 13.8. The molecule has 0 fully saturated rings. The van der Waals surface area contributed by atoms with Gasteiger partial charge in [-0.2, -0.15) is 0 Å². The molecule has 0 saturated heterocycles. The largest absolute Gasteiger partial charge is 0.353 e. The van der Waals surface area contributed by atoms with Crippen molar-refractivity contribution in [2.45, 2.75) is 35.2 Å². The van der Waals surface area contributed by atoms with E-state index >= 15 is 0 Å². The van der Waals surface area contributed by atoms with Gasteiger partial charge in [0.05, 0.1) is 0 Å². The van der Waals surface area contributed by atoms with Crippen LogP contribution < -0.4 is 10.6 Å². The van der Waals surface area contributed by atoms with Gasteiger partial charge in [0.1, 0.15) is 5.03 Å². The number of aryl methyl sites for hydroxylation is 2. The Bertz CT molecular complexity index is 623. The van der Waals surface area contributed by atoms with Crippen LogP contribution in [0.4, 0.5) is 5.13 Å². The van der Waals surface area contributed by atoms with E-state index in [1.807, 2.05) is 19.0 Å². The van der Waals surface area contributed by atoms with Crippen LogP contribution in [0.3, 0.4) is 0 Å². The smallest absolute Gasteiger partial charge is 0.208 e. The summed E-state index contributed by atoms with van der Waals surface area (Å²) in [4.78, 5) is 6.74. The first-order valence-corrected chi connectivity index (χ1v) is 8.21. The Labute approximate surface area is 126 Å². The number of nitrogens with two attached hydrogens (primary N) is 1. The third-order valence-electron chi connectivity index (χ3n) is 3.27. The molecule has 1 aliphatic carbocycles. The summed E-state index contributed by atoms with van der Waals surface area (Å²) in [5.74, 6) is 0. The van der Waals surface area contributed by atoms with E-state index in [4.69, 9.17) is 10.7 Å². The number of anilines is 1. The fraction of sp³-hybridized carbons (Fsp3) is 0.462. The molecule has 2 aromatic rings. The van der Waals surface area contributed by atoms with Crippen molar-refractivity contribution in [3.63, 3.8) is 0 Å². The molecule has 2 N–H and O–H groups in total. The molecule has 3 rings (SSSR count). The molecule has 0 unspecified atom stereocenters. The van der Waals surface area contributed by atoms with Gasteiger partial charge in [-0.3, -0.25) is 0 Å². The number of nitrogens with zero attached hydrogens (tertiary/aromatic N) is 4. The summed E-state index contributed by atoms with van der Waals surface area (Å²) < 4.78 is 0.911. The molecule has 1 aliphatic rings. The lowest BCUT2D eigenvalue weighted by molar-refractivity contribution is 0.883. The van der Waals surface area contributed by atoms with Crippen molar-refractivity contribution >= 4 is 28.2 Å². The van der Waals surface area contributed by atoms with Gasteiger partial charge in [0.2, 0.25) is 5.13 Å². The van der Waals surface area contributed by atoms with Crippen LogP contribution in [0.15, 0.2) is 15.4 Å². The van der Waals surface area contributed by atoms with Crippen LogP contribution in [-0.2, 0) is 19.4 Å². The lowest BCUT2D eigenvalue weighted by Crippen LogP contribution is -2.07. The highest BCUT2D eigenvalue weighted by Crippen LogP contribution is 2.35. The Hall–Kier alpha value is -1.18. The minimum Gasteiger partial charge on any atom is -0.353 e. The maximum Gasteiger partial charge on any atom is 0.208 e. The fourth-order valence-electron chi connectivity index (χ4n) is 2.24. The average molecular weight is 307 g/mol. The van der Waals surface area contributed by atoms with Gasteiger partial charge >= 0.3 is 0 Å². The Balaban J connectivity index is 1.89. The molecule has 2 heterocycles. The molecule has 0 atom stereocenters. The van der Waals surface area contributed by atoms with Crippen LogP contribution in [0.5, 0.6) is 0 Å². The standard InChI is InChI=1S/C13H17N5S2/c1-18(2)12-16-17-13(20-12)19-11-9(7-14)6-8-4-3-5-10(8)15-11/h6H,3-5,7,14H2,1-2H3. The molecule has 0 aliphatic heterocycles. The number of hydrogen-bond acceptors (Lipinski definition) is 7. The summed E-state index contributed by atoms with van der Waals surface area (Å²) in [6.45, 7) is 0.516. The van der Waals surface area contributed by atoms with E-state index < -0.39 is 0 Å². The molecular weight excluding hydrogens is 290 g/mol. The molecule has 7 heteroatoms. The van der Waals surface area contributed by atoms with Crippen LogP contribution in [-0.4, -0.2) is 29.3 Å². The molecule has 0 amide bonds. The third kappa shape index (κ3) is 2.65. The van der Waals surface area contributed by atoms with E-state index in [1.54, 1.807) is 23.1 Å². The van der Waals surface area contributed by atoms with E-state index in [-0.39, 0.29) is 0 Å². The van der Waals surface area contributed by atoms with Gasteiger partial charge in [-0.25, -0.2) is 4.98 Å². The Morgan fingerprint density at radius 3 is 2.90 bits per heavy atom. The topological polar surface area (TPSA) is 67.9 Å². The van der Waals surface area contributed by atoms with Gasteiger partial charge in [0, 0.05) is 26.3 Å². The summed E-state index contributed by atoms with van der Waals surface area (Å²) >= 11 is 3.14. The zero-order valence-electron chi connectivity index (χ0n) is 11.6.